The van der Waals surface area contributed by atoms with E-state index in [2.05, 4.69) is 36.9 Å². The predicted molar refractivity (Wildman–Crippen MR) is 88.7 cm³/mol. The summed E-state index contributed by atoms with van der Waals surface area (Å²) in [5.41, 5.74) is 3.15. The third kappa shape index (κ3) is 2.88. The van der Waals surface area contributed by atoms with Crippen molar-refractivity contribution in [2.45, 2.75) is 6.54 Å². The molecule has 2 aromatic carbocycles. The number of aryl methyl sites for hydroxylation is 1. The van der Waals surface area contributed by atoms with E-state index >= 15 is 0 Å². The fraction of sp³-hybridized carbons (Fsp3) is 0.188. The number of nitrogens with one attached hydrogen (secondary N) is 1. The monoisotopic (exact) mass is 345 g/mol. The van der Waals surface area contributed by atoms with Gasteiger partial charge in [-0.15, -0.1) is 0 Å². The van der Waals surface area contributed by atoms with Crippen LogP contribution in [0.1, 0.15) is 5.82 Å². The van der Waals surface area contributed by atoms with Gasteiger partial charge >= 0.3 is 0 Å². The molecule has 0 atom stereocenters. The van der Waals surface area contributed by atoms with Crippen LogP contribution in [0.5, 0.6) is 5.75 Å². The van der Waals surface area contributed by atoms with Gasteiger partial charge in [-0.2, -0.15) is 0 Å². The van der Waals surface area contributed by atoms with Gasteiger partial charge in [0.1, 0.15) is 11.6 Å². The van der Waals surface area contributed by atoms with Gasteiger partial charge in [-0.3, -0.25) is 0 Å². The molecule has 1 N–H and O–H groups in total. The van der Waals surface area contributed by atoms with E-state index in [0.29, 0.717) is 6.54 Å². The van der Waals surface area contributed by atoms with E-state index in [1.165, 1.54) is 0 Å². The average molecular weight is 346 g/mol. The molecule has 5 heteroatoms. The van der Waals surface area contributed by atoms with Crippen LogP contribution >= 0.6 is 15.9 Å². The second-order valence-corrected chi connectivity index (χ2v) is 5.72. The van der Waals surface area contributed by atoms with E-state index in [1.807, 2.05) is 43.4 Å². The zero-order valence-corrected chi connectivity index (χ0v) is 13.5. The van der Waals surface area contributed by atoms with Gasteiger partial charge in [-0.1, -0.05) is 28.1 Å². The molecule has 0 bridgehead atoms. The maximum absolute atomic E-state index is 5.27. The van der Waals surface area contributed by atoms with Gasteiger partial charge in [0, 0.05) is 23.3 Å². The van der Waals surface area contributed by atoms with E-state index in [1.54, 1.807) is 7.11 Å². The average Bonchev–Trinajstić information content (AvgIpc) is 2.81. The van der Waals surface area contributed by atoms with Gasteiger partial charge in [-0.05, 0) is 24.3 Å². The Morgan fingerprint density at radius 2 is 2.05 bits per heavy atom. The van der Waals surface area contributed by atoms with E-state index in [9.17, 15) is 0 Å². The molecule has 0 radical (unpaired) electrons. The minimum atomic E-state index is 0.658. The number of fused-ring (bicyclic) bond motifs is 1. The van der Waals surface area contributed by atoms with Crippen molar-refractivity contribution in [3.63, 3.8) is 0 Å². The highest BCUT2D eigenvalue weighted by atomic mass is 79.9. The number of rotatable bonds is 4. The SMILES string of the molecule is COc1cc(Br)cc(NCc2nc3ccccc3n2C)c1. The predicted octanol–water partition coefficient (Wildman–Crippen LogP) is 3.96. The summed E-state index contributed by atoms with van der Waals surface area (Å²) in [6, 6.07) is 14.1. The van der Waals surface area contributed by atoms with Crippen molar-refractivity contribution in [3.8, 4) is 5.75 Å². The van der Waals surface area contributed by atoms with E-state index in [0.717, 1.165) is 32.8 Å². The molecule has 0 saturated heterocycles. The first-order valence-corrected chi connectivity index (χ1v) is 7.45. The third-order valence-electron chi connectivity index (χ3n) is 3.44. The minimum Gasteiger partial charge on any atom is -0.497 e. The first-order chi connectivity index (χ1) is 10.2. The van der Waals surface area contributed by atoms with Gasteiger partial charge in [0.05, 0.1) is 24.7 Å². The van der Waals surface area contributed by atoms with E-state index in [4.69, 9.17) is 4.74 Å². The van der Waals surface area contributed by atoms with Crippen LogP contribution in [0.2, 0.25) is 0 Å². The first kappa shape index (κ1) is 13.9. The molecule has 0 amide bonds. The summed E-state index contributed by atoms with van der Waals surface area (Å²) in [4.78, 5) is 4.65. The zero-order valence-electron chi connectivity index (χ0n) is 11.9. The van der Waals surface area contributed by atoms with Crippen molar-refractivity contribution < 1.29 is 4.74 Å². The van der Waals surface area contributed by atoms with Crippen LogP contribution in [0.25, 0.3) is 11.0 Å². The molecule has 1 aromatic heterocycles. The zero-order chi connectivity index (χ0) is 14.8. The van der Waals surface area contributed by atoms with Crippen molar-refractivity contribution in [3.05, 3.63) is 52.8 Å². The number of benzene rings is 2. The second kappa shape index (κ2) is 5.77. The summed E-state index contributed by atoms with van der Waals surface area (Å²) < 4.78 is 8.36. The minimum absolute atomic E-state index is 0.658. The van der Waals surface area contributed by atoms with Crippen molar-refractivity contribution in [2.24, 2.45) is 7.05 Å². The molecule has 0 aliphatic rings. The summed E-state index contributed by atoms with van der Waals surface area (Å²) in [6.07, 6.45) is 0. The van der Waals surface area contributed by atoms with Crippen molar-refractivity contribution in [1.29, 1.82) is 0 Å². The maximum atomic E-state index is 5.27. The van der Waals surface area contributed by atoms with Crippen LogP contribution in [-0.2, 0) is 13.6 Å². The summed E-state index contributed by atoms with van der Waals surface area (Å²) in [7, 11) is 3.70. The smallest absolute Gasteiger partial charge is 0.128 e. The second-order valence-electron chi connectivity index (χ2n) is 4.81. The molecule has 0 unspecified atom stereocenters. The molecule has 0 spiro atoms. The summed E-state index contributed by atoms with van der Waals surface area (Å²) in [6.45, 7) is 0.658. The topological polar surface area (TPSA) is 39.1 Å². The Morgan fingerprint density at radius 1 is 1.24 bits per heavy atom. The number of para-hydroxylation sites is 2. The number of ether oxygens (including phenoxy) is 1. The highest BCUT2D eigenvalue weighted by molar-refractivity contribution is 9.10. The summed E-state index contributed by atoms with van der Waals surface area (Å²) in [5.74, 6) is 1.81. The first-order valence-electron chi connectivity index (χ1n) is 6.66. The van der Waals surface area contributed by atoms with Crippen molar-refractivity contribution >= 4 is 32.7 Å². The van der Waals surface area contributed by atoms with Crippen LogP contribution in [0, 0.1) is 0 Å². The number of anilines is 1. The number of hydrogen-bond acceptors (Lipinski definition) is 3. The molecule has 1 heterocycles. The summed E-state index contributed by atoms with van der Waals surface area (Å²) >= 11 is 3.48. The molecule has 21 heavy (non-hydrogen) atoms. The third-order valence-corrected chi connectivity index (χ3v) is 3.90. The van der Waals surface area contributed by atoms with Crippen LogP contribution < -0.4 is 10.1 Å². The van der Waals surface area contributed by atoms with Crippen molar-refractivity contribution in [2.75, 3.05) is 12.4 Å². The quantitative estimate of drug-likeness (QED) is 0.777. The number of aromatic nitrogens is 2. The Hall–Kier alpha value is -2.01. The lowest BCUT2D eigenvalue weighted by Gasteiger charge is -2.09. The molecular formula is C16H16BrN3O. The Morgan fingerprint density at radius 3 is 2.81 bits per heavy atom. The van der Waals surface area contributed by atoms with Gasteiger partial charge in [-0.25, -0.2) is 4.98 Å². The Balaban J connectivity index is 1.83. The lowest BCUT2D eigenvalue weighted by Crippen LogP contribution is -2.06. The van der Waals surface area contributed by atoms with Gasteiger partial charge < -0.3 is 14.6 Å². The highest BCUT2D eigenvalue weighted by Crippen LogP contribution is 2.25. The number of halogens is 1. The molecule has 108 valence electrons. The normalized spacial score (nSPS) is 10.8. The molecule has 3 aromatic rings. The van der Waals surface area contributed by atoms with Crippen LogP contribution in [0.3, 0.4) is 0 Å². The highest BCUT2D eigenvalue weighted by Gasteiger charge is 2.07. The molecule has 0 saturated carbocycles. The maximum Gasteiger partial charge on any atom is 0.128 e. The summed E-state index contributed by atoms with van der Waals surface area (Å²) in [5, 5.41) is 3.38. The Labute approximate surface area is 131 Å². The number of nitrogens with zero attached hydrogens (tertiary/aromatic N) is 2. The lowest BCUT2D eigenvalue weighted by atomic mass is 10.3. The molecule has 0 fully saturated rings. The molecule has 0 aliphatic heterocycles. The fourth-order valence-electron chi connectivity index (χ4n) is 2.32. The van der Waals surface area contributed by atoms with Gasteiger partial charge in [0.2, 0.25) is 0 Å². The largest absolute Gasteiger partial charge is 0.497 e. The molecule has 0 aliphatic carbocycles. The number of imidazole rings is 1. The lowest BCUT2D eigenvalue weighted by molar-refractivity contribution is 0.414. The Bertz CT molecular complexity index is 782. The van der Waals surface area contributed by atoms with Crippen LogP contribution in [-0.4, -0.2) is 16.7 Å². The molecule has 4 nitrogen and oxygen atoms in total. The fourth-order valence-corrected chi connectivity index (χ4v) is 2.79. The van der Waals surface area contributed by atoms with Gasteiger partial charge in [0.15, 0.2) is 0 Å². The van der Waals surface area contributed by atoms with E-state index < -0.39 is 0 Å². The number of methoxy groups -OCH3 is 1. The van der Waals surface area contributed by atoms with E-state index in [-0.39, 0.29) is 0 Å². The molecular weight excluding hydrogens is 330 g/mol. The molecule has 3 rings (SSSR count). The van der Waals surface area contributed by atoms with Crippen molar-refractivity contribution in [1.82, 2.24) is 9.55 Å². The Kier molecular flexibility index (Phi) is 3.84. The number of hydrogen-bond donors (Lipinski definition) is 1. The van der Waals surface area contributed by atoms with Crippen LogP contribution in [0.15, 0.2) is 46.9 Å². The van der Waals surface area contributed by atoms with Gasteiger partial charge in [0.25, 0.3) is 0 Å². The standard InChI is InChI=1S/C16H16BrN3O/c1-20-15-6-4-3-5-14(15)19-16(20)10-18-12-7-11(17)8-13(9-12)21-2/h3-9,18H,10H2,1-2H3. The van der Waals surface area contributed by atoms with Crippen LogP contribution in [0.4, 0.5) is 5.69 Å².